The molecule has 0 bridgehead atoms. The van der Waals surface area contributed by atoms with Crippen LogP contribution in [0.3, 0.4) is 0 Å². The lowest BCUT2D eigenvalue weighted by Crippen LogP contribution is -2.68. The van der Waals surface area contributed by atoms with Gasteiger partial charge in [-0.1, -0.05) is 12.1 Å². The van der Waals surface area contributed by atoms with Crippen molar-refractivity contribution in [3.63, 3.8) is 0 Å². The molecule has 25 heavy (non-hydrogen) atoms. The van der Waals surface area contributed by atoms with Gasteiger partial charge in [0.25, 0.3) is 0 Å². The molecular formula is C18H27N3O4. The van der Waals surface area contributed by atoms with Crippen LogP contribution in [-0.2, 0) is 9.53 Å². The summed E-state index contributed by atoms with van der Waals surface area (Å²) in [5, 5.41) is 12.6. The van der Waals surface area contributed by atoms with Crippen LogP contribution in [0, 0.1) is 0 Å². The molecule has 7 nitrogen and oxygen atoms in total. The number of carbonyl (C=O) groups is 2. The number of rotatable bonds is 5. The number of amides is 1. The van der Waals surface area contributed by atoms with E-state index in [0.717, 1.165) is 11.4 Å². The third-order valence-electron chi connectivity index (χ3n) is 3.91. The zero-order chi connectivity index (χ0) is 18.8. The molecule has 1 fully saturated rings. The number of carbonyl (C=O) groups excluding carboxylic acids is 1. The van der Waals surface area contributed by atoms with E-state index in [-0.39, 0.29) is 19.5 Å². The van der Waals surface area contributed by atoms with E-state index in [4.69, 9.17) is 4.74 Å². The van der Waals surface area contributed by atoms with Crippen LogP contribution >= 0.6 is 0 Å². The SMILES string of the molecule is CN(C)c1ccccc1NC1(CC(=O)O)CN(C(=O)OC(C)(C)C)C1. The molecule has 7 heteroatoms. The summed E-state index contributed by atoms with van der Waals surface area (Å²) in [5.41, 5.74) is 0.530. The summed E-state index contributed by atoms with van der Waals surface area (Å²) in [6.45, 7) is 5.99. The second kappa shape index (κ2) is 6.82. The highest BCUT2D eigenvalue weighted by molar-refractivity contribution is 5.77. The van der Waals surface area contributed by atoms with Gasteiger partial charge in [0.1, 0.15) is 5.60 Å². The van der Waals surface area contributed by atoms with E-state index in [1.807, 2.05) is 43.3 Å². The first-order valence-electron chi connectivity index (χ1n) is 8.26. The minimum atomic E-state index is -0.904. The van der Waals surface area contributed by atoms with Crippen molar-refractivity contribution in [3.05, 3.63) is 24.3 Å². The molecule has 0 unspecified atom stereocenters. The molecule has 2 rings (SSSR count). The first-order chi connectivity index (χ1) is 11.5. The molecular weight excluding hydrogens is 322 g/mol. The van der Waals surface area contributed by atoms with Gasteiger partial charge < -0.3 is 25.0 Å². The van der Waals surface area contributed by atoms with Crippen LogP contribution in [0.2, 0.25) is 0 Å². The van der Waals surface area contributed by atoms with Crippen molar-refractivity contribution in [1.82, 2.24) is 4.90 Å². The fraction of sp³-hybridized carbons (Fsp3) is 0.556. The second-order valence-electron chi connectivity index (χ2n) is 7.72. The summed E-state index contributed by atoms with van der Waals surface area (Å²) in [7, 11) is 3.86. The third-order valence-corrected chi connectivity index (χ3v) is 3.91. The second-order valence-corrected chi connectivity index (χ2v) is 7.72. The van der Waals surface area contributed by atoms with E-state index in [9.17, 15) is 14.7 Å². The Kier molecular flexibility index (Phi) is 5.15. The molecule has 1 aliphatic rings. The van der Waals surface area contributed by atoms with Gasteiger partial charge in [-0.3, -0.25) is 4.79 Å². The van der Waals surface area contributed by atoms with Gasteiger partial charge in [-0.15, -0.1) is 0 Å². The van der Waals surface area contributed by atoms with Crippen LogP contribution in [0.15, 0.2) is 24.3 Å². The maximum Gasteiger partial charge on any atom is 0.410 e. The van der Waals surface area contributed by atoms with Crippen molar-refractivity contribution < 1.29 is 19.4 Å². The molecule has 0 spiro atoms. The largest absolute Gasteiger partial charge is 0.481 e. The van der Waals surface area contributed by atoms with Gasteiger partial charge in [-0.25, -0.2) is 4.79 Å². The minimum Gasteiger partial charge on any atom is -0.481 e. The predicted octanol–water partition coefficient (Wildman–Crippen LogP) is 2.63. The number of carboxylic acids is 1. The van der Waals surface area contributed by atoms with Crippen molar-refractivity contribution in [2.45, 2.75) is 38.3 Å². The monoisotopic (exact) mass is 349 g/mol. The summed E-state index contributed by atoms with van der Waals surface area (Å²) >= 11 is 0. The average molecular weight is 349 g/mol. The molecule has 2 N–H and O–H groups in total. The first-order valence-corrected chi connectivity index (χ1v) is 8.26. The Morgan fingerprint density at radius 2 is 1.88 bits per heavy atom. The van der Waals surface area contributed by atoms with Gasteiger partial charge in [-0.05, 0) is 32.9 Å². The number of likely N-dealkylation sites (tertiary alicyclic amines) is 1. The maximum atomic E-state index is 12.2. The lowest BCUT2D eigenvalue weighted by atomic mass is 9.86. The molecule has 1 saturated heterocycles. The molecule has 1 aliphatic heterocycles. The fourth-order valence-electron chi connectivity index (χ4n) is 2.92. The molecule has 0 atom stereocenters. The summed E-state index contributed by atoms with van der Waals surface area (Å²) < 4.78 is 5.36. The highest BCUT2D eigenvalue weighted by Crippen LogP contribution is 2.34. The zero-order valence-electron chi connectivity index (χ0n) is 15.5. The van der Waals surface area contributed by atoms with Gasteiger partial charge >= 0.3 is 12.1 Å². The van der Waals surface area contributed by atoms with Gasteiger partial charge in [-0.2, -0.15) is 0 Å². The van der Waals surface area contributed by atoms with Crippen LogP contribution < -0.4 is 10.2 Å². The van der Waals surface area contributed by atoms with Gasteiger partial charge in [0.15, 0.2) is 0 Å². The van der Waals surface area contributed by atoms with Crippen molar-refractivity contribution in [1.29, 1.82) is 0 Å². The van der Waals surface area contributed by atoms with Gasteiger partial charge in [0, 0.05) is 27.2 Å². The zero-order valence-corrected chi connectivity index (χ0v) is 15.5. The number of aliphatic carboxylic acids is 1. The lowest BCUT2D eigenvalue weighted by molar-refractivity contribution is -0.139. The Labute approximate surface area is 148 Å². The predicted molar refractivity (Wildman–Crippen MR) is 97.2 cm³/mol. The number of para-hydroxylation sites is 2. The van der Waals surface area contributed by atoms with E-state index in [2.05, 4.69) is 5.32 Å². The van der Waals surface area contributed by atoms with Gasteiger partial charge in [0.2, 0.25) is 0 Å². The summed E-state index contributed by atoms with van der Waals surface area (Å²) in [5.74, 6) is -0.904. The number of nitrogens with zero attached hydrogens (tertiary/aromatic N) is 2. The molecule has 0 aromatic heterocycles. The van der Waals surface area contributed by atoms with Crippen LogP contribution in [-0.4, -0.2) is 60.4 Å². The van der Waals surface area contributed by atoms with E-state index in [1.54, 1.807) is 20.8 Å². The number of anilines is 2. The molecule has 1 heterocycles. The summed E-state index contributed by atoms with van der Waals surface area (Å²) in [6, 6.07) is 7.70. The van der Waals surface area contributed by atoms with Crippen molar-refractivity contribution in [3.8, 4) is 0 Å². The number of ether oxygens (including phenoxy) is 1. The van der Waals surface area contributed by atoms with Crippen LogP contribution in [0.1, 0.15) is 27.2 Å². The molecule has 1 aromatic rings. The van der Waals surface area contributed by atoms with Crippen LogP contribution in [0.5, 0.6) is 0 Å². The van der Waals surface area contributed by atoms with E-state index >= 15 is 0 Å². The van der Waals surface area contributed by atoms with Crippen LogP contribution in [0.25, 0.3) is 0 Å². The number of benzene rings is 1. The normalized spacial score (nSPS) is 16.0. The minimum absolute atomic E-state index is 0.0753. The quantitative estimate of drug-likeness (QED) is 0.850. The summed E-state index contributed by atoms with van der Waals surface area (Å²) in [6.07, 6.45) is -0.496. The van der Waals surface area contributed by atoms with Gasteiger partial charge in [0.05, 0.1) is 23.3 Å². The van der Waals surface area contributed by atoms with E-state index in [1.165, 1.54) is 4.90 Å². The maximum absolute atomic E-state index is 12.2. The molecule has 0 saturated carbocycles. The van der Waals surface area contributed by atoms with E-state index < -0.39 is 23.2 Å². The third kappa shape index (κ3) is 4.78. The van der Waals surface area contributed by atoms with Crippen molar-refractivity contribution >= 4 is 23.4 Å². The molecule has 0 radical (unpaired) electrons. The Morgan fingerprint density at radius 1 is 1.28 bits per heavy atom. The molecule has 138 valence electrons. The highest BCUT2D eigenvalue weighted by atomic mass is 16.6. The van der Waals surface area contributed by atoms with Crippen molar-refractivity contribution in [2.24, 2.45) is 0 Å². The Morgan fingerprint density at radius 3 is 2.40 bits per heavy atom. The number of hydrogen-bond donors (Lipinski definition) is 2. The Hall–Kier alpha value is -2.44. The number of nitrogens with one attached hydrogen (secondary N) is 1. The summed E-state index contributed by atoms with van der Waals surface area (Å²) in [4.78, 5) is 27.0. The van der Waals surface area contributed by atoms with E-state index in [0.29, 0.717) is 0 Å². The first kappa shape index (κ1) is 18.9. The number of hydrogen-bond acceptors (Lipinski definition) is 5. The van der Waals surface area contributed by atoms with Crippen LogP contribution in [0.4, 0.5) is 16.2 Å². The van der Waals surface area contributed by atoms with Crippen molar-refractivity contribution in [2.75, 3.05) is 37.4 Å². The Balaban J connectivity index is 2.14. The molecule has 1 amide bonds. The fourth-order valence-corrected chi connectivity index (χ4v) is 2.92. The highest BCUT2D eigenvalue weighted by Gasteiger charge is 2.48. The topological polar surface area (TPSA) is 82.1 Å². The lowest BCUT2D eigenvalue weighted by Gasteiger charge is -2.50. The number of carboxylic acid groups (broad SMARTS) is 1. The Bertz CT molecular complexity index is 646. The standard InChI is InChI=1S/C18H27N3O4/c1-17(2,3)25-16(24)21-11-18(12-21,10-15(22)23)19-13-8-6-7-9-14(13)20(4)5/h6-9,19H,10-12H2,1-5H3,(H,22,23). The molecule has 1 aromatic carbocycles. The average Bonchev–Trinajstić information content (AvgIpc) is 2.41. The molecule has 0 aliphatic carbocycles. The smallest absolute Gasteiger partial charge is 0.410 e.